The van der Waals surface area contributed by atoms with Crippen LogP contribution in [0.5, 0.6) is 5.75 Å². The third-order valence-electron chi connectivity index (χ3n) is 7.13. The van der Waals surface area contributed by atoms with E-state index in [1.807, 2.05) is 6.92 Å². The number of ether oxygens (including phenoxy) is 1. The van der Waals surface area contributed by atoms with Crippen molar-refractivity contribution >= 4 is 31.4 Å². The minimum absolute atomic E-state index is 0.0407. The number of anilines is 2. The molecule has 0 saturated carbocycles. The van der Waals surface area contributed by atoms with Crippen molar-refractivity contribution in [3.05, 3.63) is 71.4 Å². The number of alkyl halides is 3. The molecule has 1 saturated heterocycles. The Bertz CT molecular complexity index is 1600. The van der Waals surface area contributed by atoms with Gasteiger partial charge in [-0.15, -0.1) is 5.10 Å². The lowest BCUT2D eigenvalue weighted by Crippen LogP contribution is -2.42. The molecule has 1 atom stereocenters. The Balaban J connectivity index is 1.57. The van der Waals surface area contributed by atoms with Crippen LogP contribution in [0.3, 0.4) is 0 Å². The number of fused-ring (bicyclic) bond motifs is 1. The van der Waals surface area contributed by atoms with E-state index < -0.39 is 37.0 Å². The molecule has 1 fully saturated rings. The van der Waals surface area contributed by atoms with Crippen LogP contribution < -0.4 is 14.4 Å². The predicted octanol–water partition coefficient (Wildman–Crippen LogP) is 3.62. The highest BCUT2D eigenvalue weighted by molar-refractivity contribution is 7.92. The van der Waals surface area contributed by atoms with Crippen molar-refractivity contribution in [1.82, 2.24) is 10.2 Å². The van der Waals surface area contributed by atoms with Gasteiger partial charge < -0.3 is 9.64 Å². The summed E-state index contributed by atoms with van der Waals surface area (Å²) in [6.07, 6.45) is -2.76. The van der Waals surface area contributed by atoms with Crippen LogP contribution in [0.15, 0.2) is 59.6 Å². The first-order valence-corrected chi connectivity index (χ1v) is 15.3. The van der Waals surface area contributed by atoms with Crippen molar-refractivity contribution in [3.63, 3.8) is 0 Å². The smallest absolute Gasteiger partial charge is 0.416 e. The van der Waals surface area contributed by atoms with Crippen molar-refractivity contribution in [2.75, 3.05) is 40.8 Å². The van der Waals surface area contributed by atoms with Crippen LogP contribution in [-0.2, 0) is 31.5 Å². The molecule has 0 radical (unpaired) electrons. The summed E-state index contributed by atoms with van der Waals surface area (Å²) in [6, 6.07) is 10.9. The summed E-state index contributed by atoms with van der Waals surface area (Å²) in [4.78, 5) is 1.60. The van der Waals surface area contributed by atoms with Crippen LogP contribution in [0.2, 0.25) is 0 Å². The van der Waals surface area contributed by atoms with Crippen molar-refractivity contribution in [2.24, 2.45) is 0 Å². The number of aromatic nitrogens is 2. The molecule has 2 aromatic carbocycles. The summed E-state index contributed by atoms with van der Waals surface area (Å²) < 4.78 is 99.2. The number of nitrogens with zero attached hydrogens (tertiary/aromatic N) is 3. The van der Waals surface area contributed by atoms with E-state index in [9.17, 15) is 30.0 Å². The van der Waals surface area contributed by atoms with Gasteiger partial charge in [0.15, 0.2) is 15.7 Å². The topological polar surface area (TPSA) is 119 Å². The Morgan fingerprint density at radius 1 is 1.05 bits per heavy atom. The van der Waals surface area contributed by atoms with Gasteiger partial charge in [0.1, 0.15) is 5.75 Å². The van der Waals surface area contributed by atoms with Crippen molar-refractivity contribution in [1.29, 1.82) is 0 Å². The summed E-state index contributed by atoms with van der Waals surface area (Å²) in [5.41, 5.74) is -0.187. The number of hydrogen-bond donors (Lipinski definition) is 1. The van der Waals surface area contributed by atoms with E-state index in [-0.39, 0.29) is 47.7 Å². The monoisotopic (exact) mass is 582 g/mol. The fourth-order valence-electron chi connectivity index (χ4n) is 4.97. The summed E-state index contributed by atoms with van der Waals surface area (Å²) in [6.45, 7) is 2.20. The molecule has 39 heavy (non-hydrogen) atoms. The third kappa shape index (κ3) is 5.39. The van der Waals surface area contributed by atoms with Crippen molar-refractivity contribution < 1.29 is 34.7 Å². The fourth-order valence-corrected chi connectivity index (χ4v) is 7.18. The summed E-state index contributed by atoms with van der Waals surface area (Å²) >= 11 is 0. The number of halogens is 3. The number of sulfone groups is 1. The molecule has 3 aromatic rings. The van der Waals surface area contributed by atoms with Crippen LogP contribution in [-0.4, -0.2) is 58.2 Å². The average Bonchev–Trinajstić information content (AvgIpc) is 2.88. The maximum atomic E-state index is 13.7. The van der Waals surface area contributed by atoms with E-state index in [4.69, 9.17) is 4.74 Å². The molecular formula is C25H25F3N4O5S2. The molecule has 0 unspecified atom stereocenters. The van der Waals surface area contributed by atoms with Gasteiger partial charge in [0.25, 0.3) is 10.0 Å². The average molecular weight is 583 g/mol. The predicted molar refractivity (Wildman–Crippen MR) is 138 cm³/mol. The van der Waals surface area contributed by atoms with Gasteiger partial charge in [-0.1, -0.05) is 19.1 Å². The van der Waals surface area contributed by atoms with Gasteiger partial charge in [0, 0.05) is 42.0 Å². The van der Waals surface area contributed by atoms with Gasteiger partial charge in [-0.05, 0) is 42.3 Å². The Labute approximate surface area is 224 Å². The number of benzene rings is 2. The largest absolute Gasteiger partial charge is 0.493 e. The van der Waals surface area contributed by atoms with Crippen molar-refractivity contribution in [2.45, 2.75) is 29.8 Å². The Morgan fingerprint density at radius 3 is 2.44 bits per heavy atom. The minimum atomic E-state index is -4.58. The molecule has 1 N–H and O–H groups in total. The van der Waals surface area contributed by atoms with Crippen LogP contribution >= 0.6 is 0 Å². The van der Waals surface area contributed by atoms with E-state index in [0.717, 1.165) is 12.1 Å². The van der Waals surface area contributed by atoms with Gasteiger partial charge in [-0.3, -0.25) is 4.72 Å². The second-order valence-electron chi connectivity index (χ2n) is 9.67. The Hall–Kier alpha value is -3.39. The molecular weight excluding hydrogens is 557 g/mol. The van der Waals surface area contributed by atoms with Gasteiger partial charge in [-0.25, -0.2) is 16.8 Å². The molecule has 2 aliphatic rings. The van der Waals surface area contributed by atoms with E-state index >= 15 is 0 Å². The van der Waals surface area contributed by atoms with Gasteiger partial charge in [-0.2, -0.15) is 18.3 Å². The molecule has 1 aromatic heterocycles. The second-order valence-corrected chi connectivity index (χ2v) is 13.7. The minimum Gasteiger partial charge on any atom is -0.493 e. The molecule has 0 spiro atoms. The van der Waals surface area contributed by atoms with E-state index in [2.05, 4.69) is 14.9 Å². The highest BCUT2D eigenvalue weighted by atomic mass is 32.2. The van der Waals surface area contributed by atoms with Crippen molar-refractivity contribution in [3.8, 4) is 5.75 Å². The number of rotatable bonds is 5. The maximum Gasteiger partial charge on any atom is 0.416 e. The van der Waals surface area contributed by atoms with Crippen LogP contribution in [0.25, 0.3) is 0 Å². The maximum absolute atomic E-state index is 13.7. The zero-order chi connectivity index (χ0) is 28.1. The molecule has 0 aliphatic carbocycles. The van der Waals surface area contributed by atoms with Gasteiger partial charge >= 0.3 is 6.18 Å². The zero-order valence-electron chi connectivity index (χ0n) is 20.8. The summed E-state index contributed by atoms with van der Waals surface area (Å²) in [5.74, 6) is 0.0230. The van der Waals surface area contributed by atoms with Gasteiger partial charge in [0.05, 0.1) is 28.6 Å². The molecule has 3 heterocycles. The fraction of sp³-hybridized carbons (Fsp3) is 0.360. The lowest BCUT2D eigenvalue weighted by Gasteiger charge is -2.40. The highest BCUT2D eigenvalue weighted by Gasteiger charge is 2.40. The van der Waals surface area contributed by atoms with E-state index in [1.54, 1.807) is 11.0 Å². The van der Waals surface area contributed by atoms with E-state index in [1.165, 1.54) is 36.5 Å². The Morgan fingerprint density at radius 2 is 1.77 bits per heavy atom. The van der Waals surface area contributed by atoms with Crippen LogP contribution in [0.4, 0.5) is 24.7 Å². The lowest BCUT2D eigenvalue weighted by molar-refractivity contribution is -0.137. The molecule has 2 aliphatic heterocycles. The quantitative estimate of drug-likeness (QED) is 0.485. The first-order valence-electron chi connectivity index (χ1n) is 12.0. The summed E-state index contributed by atoms with van der Waals surface area (Å²) in [7, 11) is -7.29. The molecule has 0 bridgehead atoms. The summed E-state index contributed by atoms with van der Waals surface area (Å²) in [5, 5.41) is 7.39. The number of hydrogen-bond acceptors (Lipinski definition) is 8. The first kappa shape index (κ1) is 27.2. The number of nitrogens with one attached hydrogen (secondary N) is 1. The van der Waals surface area contributed by atoms with Crippen LogP contribution in [0, 0.1) is 0 Å². The van der Waals surface area contributed by atoms with E-state index in [0.29, 0.717) is 23.2 Å². The second kappa shape index (κ2) is 9.66. The normalized spacial score (nSPS) is 21.1. The zero-order valence-corrected chi connectivity index (χ0v) is 22.4. The highest BCUT2D eigenvalue weighted by Crippen LogP contribution is 2.48. The molecule has 9 nitrogen and oxygen atoms in total. The molecule has 0 amide bonds. The lowest BCUT2D eigenvalue weighted by atomic mass is 9.71. The standard InChI is InChI=1S/C25H25F3N4O5S2/c1-24(19-6-4-17(25(26,27)28)15-21(19)32-10-13-38(33,34)14-11-32)8-12-37-22-16-18(5-7-20(22)24)39(35,36)31-23-3-2-9-29-30-23/h2-7,9,15-16H,8,10-14H2,1H3,(H,30,31)/t24-/m0/s1. The van der Waals surface area contributed by atoms with Gasteiger partial charge in [0.2, 0.25) is 0 Å². The molecule has 208 valence electrons. The van der Waals surface area contributed by atoms with Crippen LogP contribution in [0.1, 0.15) is 30.0 Å². The SMILES string of the molecule is C[C@@]1(c2ccc(C(F)(F)F)cc2N2CCS(=O)(=O)CC2)CCOc2cc(S(=O)(=O)Nc3cccnn3)ccc21. The first-order chi connectivity index (χ1) is 18.3. The molecule has 5 rings (SSSR count). The number of sulfonamides is 1. The molecule has 14 heteroatoms. The Kier molecular flexibility index (Phi) is 6.74. The third-order valence-corrected chi connectivity index (χ3v) is 10.1.